The standard InChI is InChI=1S/C11H14O3/c12-6-14-11-4-7-1-8(5-11)3-9(2-7)10(11)13/h6-9H,1-5H2. The summed E-state index contributed by atoms with van der Waals surface area (Å²) in [5.74, 6) is 1.66. The predicted molar refractivity (Wildman–Crippen MR) is 48.4 cm³/mol. The zero-order valence-electron chi connectivity index (χ0n) is 8.07. The van der Waals surface area contributed by atoms with E-state index >= 15 is 0 Å². The van der Waals surface area contributed by atoms with Gasteiger partial charge in [0.1, 0.15) is 0 Å². The van der Waals surface area contributed by atoms with Crippen molar-refractivity contribution in [2.45, 2.75) is 37.7 Å². The first-order valence-electron chi connectivity index (χ1n) is 5.39. The van der Waals surface area contributed by atoms with Crippen molar-refractivity contribution in [1.82, 2.24) is 0 Å². The zero-order chi connectivity index (χ0) is 9.76. The van der Waals surface area contributed by atoms with Crippen molar-refractivity contribution in [3.05, 3.63) is 0 Å². The molecule has 2 unspecified atom stereocenters. The van der Waals surface area contributed by atoms with Gasteiger partial charge in [-0.25, -0.2) is 0 Å². The van der Waals surface area contributed by atoms with Crippen LogP contribution in [0.3, 0.4) is 0 Å². The van der Waals surface area contributed by atoms with Gasteiger partial charge in [-0.15, -0.1) is 0 Å². The Labute approximate surface area is 82.8 Å². The number of hydrogen-bond donors (Lipinski definition) is 0. The first-order chi connectivity index (χ1) is 6.73. The van der Waals surface area contributed by atoms with Gasteiger partial charge in [-0.1, -0.05) is 0 Å². The summed E-state index contributed by atoms with van der Waals surface area (Å²) in [6, 6.07) is 0. The third kappa shape index (κ3) is 0.928. The lowest BCUT2D eigenvalue weighted by Crippen LogP contribution is -2.59. The number of ether oxygens (including phenoxy) is 1. The highest BCUT2D eigenvalue weighted by molar-refractivity contribution is 5.92. The smallest absolute Gasteiger partial charge is 0.294 e. The Morgan fingerprint density at radius 2 is 1.86 bits per heavy atom. The van der Waals surface area contributed by atoms with Gasteiger partial charge in [0.15, 0.2) is 11.4 Å². The van der Waals surface area contributed by atoms with Gasteiger partial charge < -0.3 is 4.74 Å². The molecule has 0 aliphatic heterocycles. The van der Waals surface area contributed by atoms with Gasteiger partial charge in [0.2, 0.25) is 0 Å². The van der Waals surface area contributed by atoms with Crippen LogP contribution in [0.5, 0.6) is 0 Å². The van der Waals surface area contributed by atoms with Crippen LogP contribution in [0.4, 0.5) is 0 Å². The van der Waals surface area contributed by atoms with Crippen LogP contribution >= 0.6 is 0 Å². The van der Waals surface area contributed by atoms with Crippen LogP contribution in [-0.2, 0) is 14.3 Å². The molecule has 4 fully saturated rings. The molecule has 3 nitrogen and oxygen atoms in total. The molecule has 14 heavy (non-hydrogen) atoms. The molecule has 0 aromatic rings. The Kier molecular flexibility index (Phi) is 1.56. The minimum absolute atomic E-state index is 0.196. The van der Waals surface area contributed by atoms with E-state index in [4.69, 9.17) is 4.74 Å². The van der Waals surface area contributed by atoms with Crippen LogP contribution in [0.15, 0.2) is 0 Å². The minimum Gasteiger partial charge on any atom is -0.453 e. The summed E-state index contributed by atoms with van der Waals surface area (Å²) in [7, 11) is 0. The molecular weight excluding hydrogens is 180 g/mol. The van der Waals surface area contributed by atoms with E-state index in [-0.39, 0.29) is 11.7 Å². The fraction of sp³-hybridized carbons (Fsp3) is 0.818. The fourth-order valence-corrected chi connectivity index (χ4v) is 3.95. The molecule has 0 spiro atoms. The number of rotatable bonds is 2. The molecular formula is C11H14O3. The van der Waals surface area contributed by atoms with Crippen molar-refractivity contribution < 1.29 is 14.3 Å². The summed E-state index contributed by atoms with van der Waals surface area (Å²) in [5, 5.41) is 0. The summed E-state index contributed by atoms with van der Waals surface area (Å²) in [6.45, 7) is 0.463. The lowest BCUT2D eigenvalue weighted by Gasteiger charge is -2.53. The summed E-state index contributed by atoms with van der Waals surface area (Å²) < 4.78 is 5.12. The second kappa shape index (κ2) is 2.59. The van der Waals surface area contributed by atoms with Crippen molar-refractivity contribution in [3.63, 3.8) is 0 Å². The fourth-order valence-electron chi connectivity index (χ4n) is 3.95. The molecule has 0 radical (unpaired) electrons. The van der Waals surface area contributed by atoms with E-state index < -0.39 is 5.60 Å². The highest BCUT2D eigenvalue weighted by atomic mass is 16.5. The van der Waals surface area contributed by atoms with Gasteiger partial charge in [-0.05, 0) is 43.9 Å². The predicted octanol–water partition coefficient (Wildman–Crippen LogP) is 1.31. The van der Waals surface area contributed by atoms with Gasteiger partial charge in [0, 0.05) is 5.92 Å². The third-order valence-electron chi connectivity index (χ3n) is 4.23. The number of ketones is 1. The van der Waals surface area contributed by atoms with Crippen LogP contribution in [-0.4, -0.2) is 17.9 Å². The Morgan fingerprint density at radius 3 is 2.43 bits per heavy atom. The Bertz CT molecular complexity index is 283. The van der Waals surface area contributed by atoms with Crippen molar-refractivity contribution in [2.75, 3.05) is 0 Å². The average molecular weight is 194 g/mol. The van der Waals surface area contributed by atoms with E-state index in [0.29, 0.717) is 18.3 Å². The largest absolute Gasteiger partial charge is 0.453 e. The van der Waals surface area contributed by atoms with E-state index in [1.165, 1.54) is 6.42 Å². The third-order valence-corrected chi connectivity index (χ3v) is 4.23. The Hall–Kier alpha value is -0.860. The van der Waals surface area contributed by atoms with Crippen LogP contribution < -0.4 is 0 Å². The normalized spacial score (nSPS) is 49.4. The van der Waals surface area contributed by atoms with Crippen molar-refractivity contribution >= 4 is 12.3 Å². The lowest BCUT2D eigenvalue weighted by molar-refractivity contribution is -0.182. The van der Waals surface area contributed by atoms with E-state index in [9.17, 15) is 9.59 Å². The lowest BCUT2D eigenvalue weighted by atomic mass is 9.53. The molecule has 4 rings (SSSR count). The van der Waals surface area contributed by atoms with Gasteiger partial charge in [0.05, 0.1) is 0 Å². The molecule has 0 saturated heterocycles. The second-order valence-electron chi connectivity index (χ2n) is 5.12. The molecule has 2 atom stereocenters. The van der Waals surface area contributed by atoms with Crippen LogP contribution in [0.25, 0.3) is 0 Å². The van der Waals surface area contributed by atoms with Crippen LogP contribution in [0, 0.1) is 17.8 Å². The van der Waals surface area contributed by atoms with Gasteiger partial charge in [-0.3, -0.25) is 9.59 Å². The Morgan fingerprint density at radius 1 is 1.21 bits per heavy atom. The highest BCUT2D eigenvalue weighted by Gasteiger charge is 2.58. The van der Waals surface area contributed by atoms with Crippen molar-refractivity contribution in [2.24, 2.45) is 17.8 Å². The molecule has 4 aliphatic rings. The number of hydrogen-bond acceptors (Lipinski definition) is 3. The molecule has 0 heterocycles. The molecule has 0 aromatic carbocycles. The molecule has 0 amide bonds. The van der Waals surface area contributed by atoms with Crippen molar-refractivity contribution in [3.8, 4) is 0 Å². The maximum atomic E-state index is 12.0. The van der Waals surface area contributed by atoms with Crippen LogP contribution in [0.2, 0.25) is 0 Å². The van der Waals surface area contributed by atoms with E-state index in [0.717, 1.165) is 25.7 Å². The SMILES string of the molecule is O=COC12CC3CC(CC(C3)C1=O)C2. The second-order valence-corrected chi connectivity index (χ2v) is 5.12. The first-order valence-corrected chi connectivity index (χ1v) is 5.39. The zero-order valence-corrected chi connectivity index (χ0v) is 8.07. The molecule has 76 valence electrons. The summed E-state index contributed by atoms with van der Waals surface area (Å²) >= 11 is 0. The monoisotopic (exact) mass is 194 g/mol. The molecule has 4 bridgehead atoms. The maximum absolute atomic E-state index is 12.0. The number of carbonyl (C=O) groups is 2. The first kappa shape index (κ1) is 8.45. The summed E-state index contributed by atoms with van der Waals surface area (Å²) in [6.07, 6.45) is 4.90. The van der Waals surface area contributed by atoms with E-state index in [2.05, 4.69) is 0 Å². The number of carbonyl (C=O) groups excluding carboxylic acids is 2. The Balaban J connectivity index is 1.97. The summed E-state index contributed by atoms with van der Waals surface area (Å²) in [4.78, 5) is 22.5. The molecule has 3 heteroatoms. The molecule has 0 aromatic heterocycles. The molecule has 0 N–H and O–H groups in total. The average Bonchev–Trinajstić information content (AvgIpc) is 2.13. The summed E-state index contributed by atoms with van der Waals surface area (Å²) in [5.41, 5.74) is -0.698. The number of Topliss-reactive ketones (excluding diaryl/α,β-unsaturated/α-hetero) is 1. The highest BCUT2D eigenvalue weighted by Crippen LogP contribution is 2.54. The minimum atomic E-state index is -0.698. The maximum Gasteiger partial charge on any atom is 0.294 e. The van der Waals surface area contributed by atoms with Gasteiger partial charge in [0.25, 0.3) is 6.47 Å². The quantitative estimate of drug-likeness (QED) is 0.622. The topological polar surface area (TPSA) is 43.4 Å². The van der Waals surface area contributed by atoms with E-state index in [1.807, 2.05) is 0 Å². The van der Waals surface area contributed by atoms with E-state index in [1.54, 1.807) is 0 Å². The van der Waals surface area contributed by atoms with Gasteiger partial charge >= 0.3 is 0 Å². The van der Waals surface area contributed by atoms with Crippen LogP contribution in [0.1, 0.15) is 32.1 Å². The van der Waals surface area contributed by atoms with Crippen molar-refractivity contribution in [1.29, 1.82) is 0 Å². The van der Waals surface area contributed by atoms with Gasteiger partial charge in [-0.2, -0.15) is 0 Å². The molecule has 4 aliphatic carbocycles. The molecule has 4 saturated carbocycles.